The van der Waals surface area contributed by atoms with Gasteiger partial charge < -0.3 is 10.4 Å². The van der Waals surface area contributed by atoms with Gasteiger partial charge in [-0.2, -0.15) is 0 Å². The number of halogens is 1. The minimum absolute atomic E-state index is 0.0128. The van der Waals surface area contributed by atoms with Crippen molar-refractivity contribution in [1.82, 2.24) is 20.0 Å². The predicted octanol–water partition coefficient (Wildman–Crippen LogP) is 0.772. The molecule has 2 rings (SSSR count). The summed E-state index contributed by atoms with van der Waals surface area (Å²) in [6, 6.07) is 3.44. The first-order valence-corrected chi connectivity index (χ1v) is 5.89. The minimum Gasteiger partial charge on any atom is -0.480 e. The van der Waals surface area contributed by atoms with Crippen LogP contribution in [0.3, 0.4) is 0 Å². The van der Waals surface area contributed by atoms with Gasteiger partial charge in [0.2, 0.25) is 0 Å². The number of pyridine rings is 1. The van der Waals surface area contributed by atoms with Crippen LogP contribution in [0.4, 0.5) is 5.82 Å². The van der Waals surface area contributed by atoms with Crippen molar-refractivity contribution in [1.29, 1.82) is 0 Å². The Balaban J connectivity index is 2.10. The number of anilines is 1. The average molecular weight is 326 g/mol. The number of hydrogen-bond donors (Lipinski definition) is 2. The smallest absolute Gasteiger partial charge is 0.325 e. The molecule has 0 saturated heterocycles. The van der Waals surface area contributed by atoms with Crippen LogP contribution in [0.1, 0.15) is 10.5 Å². The van der Waals surface area contributed by atoms with E-state index in [2.05, 4.69) is 36.5 Å². The van der Waals surface area contributed by atoms with Gasteiger partial charge in [0.25, 0.3) is 5.91 Å². The summed E-state index contributed by atoms with van der Waals surface area (Å²) >= 11 is 3.24. The maximum Gasteiger partial charge on any atom is 0.325 e. The number of nitrogens with zero attached hydrogens (tertiary/aromatic N) is 4. The first kappa shape index (κ1) is 13.1. The predicted molar refractivity (Wildman–Crippen MR) is 67.5 cm³/mol. The Labute approximate surface area is 115 Å². The first-order valence-electron chi connectivity index (χ1n) is 5.10. The lowest BCUT2D eigenvalue weighted by Gasteiger charge is -2.03. The Morgan fingerprint density at radius 1 is 1.47 bits per heavy atom. The molecule has 0 saturated carbocycles. The number of rotatable bonds is 4. The van der Waals surface area contributed by atoms with Gasteiger partial charge in [0.15, 0.2) is 5.69 Å². The van der Waals surface area contributed by atoms with Gasteiger partial charge in [0.1, 0.15) is 12.4 Å². The molecule has 8 nitrogen and oxygen atoms in total. The van der Waals surface area contributed by atoms with Crippen molar-refractivity contribution >= 4 is 33.6 Å². The number of nitrogens with one attached hydrogen (secondary N) is 1. The molecule has 0 bridgehead atoms. The molecule has 2 aromatic rings. The first-order chi connectivity index (χ1) is 9.06. The summed E-state index contributed by atoms with van der Waals surface area (Å²) in [6.07, 6.45) is 2.78. The van der Waals surface area contributed by atoms with Crippen LogP contribution in [-0.4, -0.2) is 37.0 Å². The molecule has 1 amide bonds. The zero-order valence-corrected chi connectivity index (χ0v) is 11.0. The third kappa shape index (κ3) is 3.35. The molecule has 0 unspecified atom stereocenters. The molecule has 0 aliphatic heterocycles. The molecule has 0 radical (unpaired) electrons. The minimum atomic E-state index is -1.07. The maximum atomic E-state index is 11.8. The van der Waals surface area contributed by atoms with E-state index in [0.29, 0.717) is 10.3 Å². The van der Waals surface area contributed by atoms with E-state index in [-0.39, 0.29) is 12.2 Å². The second-order valence-electron chi connectivity index (χ2n) is 3.48. The summed E-state index contributed by atoms with van der Waals surface area (Å²) in [4.78, 5) is 26.3. The van der Waals surface area contributed by atoms with Crippen molar-refractivity contribution in [3.63, 3.8) is 0 Å². The van der Waals surface area contributed by atoms with Crippen LogP contribution in [-0.2, 0) is 11.3 Å². The van der Waals surface area contributed by atoms with E-state index in [0.717, 1.165) is 4.68 Å². The molecule has 0 spiro atoms. The second-order valence-corrected chi connectivity index (χ2v) is 4.34. The van der Waals surface area contributed by atoms with Crippen molar-refractivity contribution in [2.45, 2.75) is 6.54 Å². The van der Waals surface area contributed by atoms with E-state index < -0.39 is 11.9 Å². The molecule has 0 aliphatic carbocycles. The molecule has 0 aromatic carbocycles. The third-order valence-corrected chi connectivity index (χ3v) is 2.70. The molecule has 2 N–H and O–H groups in total. The van der Waals surface area contributed by atoms with E-state index in [1.807, 2.05) is 0 Å². The third-order valence-electron chi connectivity index (χ3n) is 2.06. The lowest BCUT2D eigenvalue weighted by Crippen LogP contribution is -2.14. The number of amides is 1. The summed E-state index contributed by atoms with van der Waals surface area (Å²) in [6.45, 7) is -0.354. The molecule has 2 aromatic heterocycles. The molecule has 2 heterocycles. The Kier molecular flexibility index (Phi) is 3.85. The Morgan fingerprint density at radius 3 is 2.95 bits per heavy atom. The molecular weight excluding hydrogens is 318 g/mol. The van der Waals surface area contributed by atoms with Crippen molar-refractivity contribution in [2.75, 3.05) is 5.32 Å². The highest BCUT2D eigenvalue weighted by Gasteiger charge is 2.13. The van der Waals surface area contributed by atoms with Crippen LogP contribution in [0, 0.1) is 0 Å². The molecule has 0 fully saturated rings. The van der Waals surface area contributed by atoms with Crippen LogP contribution in [0.2, 0.25) is 0 Å². The van der Waals surface area contributed by atoms with Gasteiger partial charge in [-0.25, -0.2) is 9.67 Å². The van der Waals surface area contributed by atoms with Crippen molar-refractivity contribution < 1.29 is 14.7 Å². The van der Waals surface area contributed by atoms with E-state index >= 15 is 0 Å². The number of carboxylic acid groups (broad SMARTS) is 1. The van der Waals surface area contributed by atoms with Gasteiger partial charge >= 0.3 is 5.97 Å². The normalized spacial score (nSPS) is 10.2. The van der Waals surface area contributed by atoms with E-state index in [1.54, 1.807) is 12.1 Å². The molecule has 0 atom stereocenters. The van der Waals surface area contributed by atoms with Crippen LogP contribution >= 0.6 is 15.9 Å². The van der Waals surface area contributed by atoms with E-state index in [4.69, 9.17) is 5.11 Å². The van der Waals surface area contributed by atoms with Crippen molar-refractivity contribution in [3.05, 3.63) is 34.7 Å². The van der Waals surface area contributed by atoms with Crippen LogP contribution in [0.5, 0.6) is 0 Å². The molecule has 0 aliphatic rings. The zero-order chi connectivity index (χ0) is 13.8. The van der Waals surface area contributed by atoms with Gasteiger partial charge in [0.05, 0.1) is 10.7 Å². The summed E-state index contributed by atoms with van der Waals surface area (Å²) in [5.41, 5.74) is 0.0128. The lowest BCUT2D eigenvalue weighted by atomic mass is 10.4. The molecule has 9 heteroatoms. The fourth-order valence-electron chi connectivity index (χ4n) is 1.27. The SMILES string of the molecule is O=C(O)Cn1cc(C(=O)Nc2ncccc2Br)nn1. The van der Waals surface area contributed by atoms with Gasteiger partial charge in [-0.15, -0.1) is 5.10 Å². The van der Waals surface area contributed by atoms with Crippen LogP contribution in [0.25, 0.3) is 0 Å². The van der Waals surface area contributed by atoms with Gasteiger partial charge in [-0.3, -0.25) is 9.59 Å². The largest absolute Gasteiger partial charge is 0.480 e. The van der Waals surface area contributed by atoms with Crippen molar-refractivity contribution in [3.8, 4) is 0 Å². The molecule has 19 heavy (non-hydrogen) atoms. The number of carbonyl (C=O) groups is 2. The summed E-state index contributed by atoms with van der Waals surface area (Å²) < 4.78 is 1.69. The zero-order valence-electron chi connectivity index (χ0n) is 9.45. The summed E-state index contributed by atoms with van der Waals surface area (Å²) in [7, 11) is 0. The summed E-state index contributed by atoms with van der Waals surface area (Å²) in [5.74, 6) is -1.24. The Hall–Kier alpha value is -2.29. The fourth-order valence-corrected chi connectivity index (χ4v) is 1.62. The second kappa shape index (κ2) is 5.57. The van der Waals surface area contributed by atoms with Crippen LogP contribution in [0.15, 0.2) is 29.0 Å². The number of carbonyl (C=O) groups excluding carboxylic acids is 1. The molecular formula is C10H8BrN5O3. The lowest BCUT2D eigenvalue weighted by molar-refractivity contribution is -0.137. The standard InChI is InChI=1S/C10H8BrN5O3/c11-6-2-1-3-12-9(6)13-10(19)7-4-16(15-14-7)5-8(17)18/h1-4H,5H2,(H,17,18)(H,12,13,19). The van der Waals surface area contributed by atoms with Crippen molar-refractivity contribution in [2.24, 2.45) is 0 Å². The number of carboxylic acids is 1. The number of hydrogen-bond acceptors (Lipinski definition) is 5. The average Bonchev–Trinajstić information content (AvgIpc) is 2.79. The Bertz CT molecular complexity index is 627. The van der Waals surface area contributed by atoms with E-state index in [9.17, 15) is 9.59 Å². The van der Waals surface area contributed by atoms with Gasteiger partial charge in [-0.05, 0) is 28.1 Å². The number of aromatic nitrogens is 4. The highest BCUT2D eigenvalue weighted by Crippen LogP contribution is 2.18. The highest BCUT2D eigenvalue weighted by molar-refractivity contribution is 9.10. The maximum absolute atomic E-state index is 11.8. The topological polar surface area (TPSA) is 110 Å². The van der Waals surface area contributed by atoms with Crippen LogP contribution < -0.4 is 5.32 Å². The molecule has 98 valence electrons. The number of aliphatic carboxylic acids is 1. The van der Waals surface area contributed by atoms with Gasteiger partial charge in [-0.1, -0.05) is 5.21 Å². The monoisotopic (exact) mass is 325 g/mol. The quantitative estimate of drug-likeness (QED) is 0.859. The van der Waals surface area contributed by atoms with E-state index in [1.165, 1.54) is 12.4 Å². The van der Waals surface area contributed by atoms with Gasteiger partial charge in [0, 0.05) is 6.20 Å². The Morgan fingerprint density at radius 2 is 2.26 bits per heavy atom. The fraction of sp³-hybridized carbons (Fsp3) is 0.100. The highest BCUT2D eigenvalue weighted by atomic mass is 79.9. The summed E-state index contributed by atoms with van der Waals surface area (Å²) in [5, 5.41) is 18.2.